The maximum absolute atomic E-state index is 5.55. The lowest BCUT2D eigenvalue weighted by atomic mass is 10.00. The van der Waals surface area contributed by atoms with E-state index in [-0.39, 0.29) is 12.2 Å². The van der Waals surface area contributed by atoms with Gasteiger partial charge in [-0.3, -0.25) is 0 Å². The Bertz CT molecular complexity index is 297. The van der Waals surface area contributed by atoms with E-state index in [1.165, 1.54) is 0 Å². The monoisotopic (exact) mass is 250 g/mol. The normalized spacial score (nSPS) is 13.3. The van der Waals surface area contributed by atoms with Crippen molar-refractivity contribution in [1.29, 1.82) is 0 Å². The molecular weight excluding hydrogens is 224 g/mol. The Morgan fingerprint density at radius 1 is 0.889 bits per heavy atom. The molecule has 0 fully saturated rings. The molecule has 0 rings (SSSR count). The van der Waals surface area contributed by atoms with Gasteiger partial charge in [0.15, 0.2) is 0 Å². The smallest absolute Gasteiger partial charge is 0.0830 e. The van der Waals surface area contributed by atoms with Crippen molar-refractivity contribution in [2.24, 2.45) is 0 Å². The zero-order chi connectivity index (χ0) is 14.0. The number of hydrogen-bond donors (Lipinski definition) is 0. The van der Waals surface area contributed by atoms with Gasteiger partial charge in [0, 0.05) is 13.2 Å². The van der Waals surface area contributed by atoms with Gasteiger partial charge in [0.25, 0.3) is 0 Å². The molecule has 0 aliphatic carbocycles. The van der Waals surface area contributed by atoms with Crippen LogP contribution < -0.4 is 0 Å². The summed E-state index contributed by atoms with van der Waals surface area (Å²) in [6.45, 7) is 16.9. The van der Waals surface area contributed by atoms with E-state index < -0.39 is 0 Å². The van der Waals surface area contributed by atoms with Crippen LogP contribution in [0.4, 0.5) is 0 Å². The highest BCUT2D eigenvalue weighted by molar-refractivity contribution is 5.12. The van der Waals surface area contributed by atoms with Crippen LogP contribution in [0.1, 0.15) is 40.5 Å². The second-order valence-electron chi connectivity index (χ2n) is 4.10. The molecule has 0 saturated carbocycles. The van der Waals surface area contributed by atoms with E-state index in [1.54, 1.807) is 0 Å². The van der Waals surface area contributed by atoms with Gasteiger partial charge >= 0.3 is 0 Å². The minimum Gasteiger partial charge on any atom is -0.374 e. The van der Waals surface area contributed by atoms with E-state index in [0.29, 0.717) is 13.2 Å². The van der Waals surface area contributed by atoms with Crippen molar-refractivity contribution < 1.29 is 9.47 Å². The molecule has 2 nitrogen and oxygen atoms in total. The summed E-state index contributed by atoms with van der Waals surface area (Å²) in [4.78, 5) is 0. The Kier molecular flexibility index (Phi) is 9.36. The van der Waals surface area contributed by atoms with Gasteiger partial charge in [-0.25, -0.2) is 0 Å². The van der Waals surface area contributed by atoms with Crippen LogP contribution in [0.3, 0.4) is 0 Å². The SMILES string of the molecule is C=C=C(CCC(=C=C)C(C)OCC)C(C)OCC. The molecule has 0 amide bonds. The van der Waals surface area contributed by atoms with Gasteiger partial charge in [-0.05, 0) is 51.7 Å². The van der Waals surface area contributed by atoms with E-state index in [2.05, 4.69) is 24.6 Å². The van der Waals surface area contributed by atoms with E-state index in [4.69, 9.17) is 9.47 Å². The van der Waals surface area contributed by atoms with E-state index in [1.807, 2.05) is 27.7 Å². The molecule has 18 heavy (non-hydrogen) atoms. The Hall–Kier alpha value is -1.04. The van der Waals surface area contributed by atoms with Gasteiger partial charge in [0.1, 0.15) is 0 Å². The molecule has 0 bridgehead atoms. The quantitative estimate of drug-likeness (QED) is 0.575. The largest absolute Gasteiger partial charge is 0.374 e. The summed E-state index contributed by atoms with van der Waals surface area (Å²) in [6.07, 6.45) is 1.86. The first-order valence-electron chi connectivity index (χ1n) is 6.61. The van der Waals surface area contributed by atoms with Crippen LogP contribution >= 0.6 is 0 Å². The molecule has 2 heteroatoms. The molecular formula is C16H26O2. The fourth-order valence-electron chi connectivity index (χ4n) is 1.84. The second-order valence-corrected chi connectivity index (χ2v) is 4.10. The molecule has 0 aliphatic heterocycles. The lowest BCUT2D eigenvalue weighted by molar-refractivity contribution is 0.0941. The average molecular weight is 250 g/mol. The summed E-state index contributed by atoms with van der Waals surface area (Å²) in [5.74, 6) is 0. The molecule has 0 N–H and O–H groups in total. The summed E-state index contributed by atoms with van der Waals surface area (Å²) in [7, 11) is 0. The molecule has 102 valence electrons. The molecule has 0 radical (unpaired) electrons. The van der Waals surface area contributed by atoms with Crippen molar-refractivity contribution in [3.05, 3.63) is 35.8 Å². The van der Waals surface area contributed by atoms with E-state index in [0.717, 1.165) is 24.0 Å². The summed E-state index contributed by atoms with van der Waals surface area (Å²) in [5, 5.41) is 0. The first-order valence-corrected chi connectivity index (χ1v) is 6.61. The van der Waals surface area contributed by atoms with Crippen molar-refractivity contribution >= 4 is 0 Å². The Balaban J connectivity index is 4.44. The van der Waals surface area contributed by atoms with Crippen molar-refractivity contribution in [3.63, 3.8) is 0 Å². The molecule has 0 aromatic rings. The highest BCUT2D eigenvalue weighted by atomic mass is 16.5. The Morgan fingerprint density at radius 3 is 1.44 bits per heavy atom. The molecule has 0 aromatic heterocycles. The Morgan fingerprint density at radius 2 is 1.22 bits per heavy atom. The van der Waals surface area contributed by atoms with Gasteiger partial charge in [-0.15, -0.1) is 11.5 Å². The van der Waals surface area contributed by atoms with Crippen LogP contribution in [-0.4, -0.2) is 25.4 Å². The lowest BCUT2D eigenvalue weighted by Gasteiger charge is -2.17. The topological polar surface area (TPSA) is 18.5 Å². The molecule has 2 unspecified atom stereocenters. The molecule has 0 aromatic carbocycles. The Labute approximate surface area is 112 Å². The van der Waals surface area contributed by atoms with Crippen LogP contribution in [0.15, 0.2) is 35.8 Å². The summed E-state index contributed by atoms with van der Waals surface area (Å²) < 4.78 is 11.1. The summed E-state index contributed by atoms with van der Waals surface area (Å²) in [6, 6.07) is 0. The van der Waals surface area contributed by atoms with Gasteiger partial charge in [-0.1, -0.05) is 13.2 Å². The molecule has 0 saturated heterocycles. The first kappa shape index (κ1) is 17.0. The van der Waals surface area contributed by atoms with Gasteiger partial charge in [0.2, 0.25) is 0 Å². The third-order valence-electron chi connectivity index (χ3n) is 2.93. The maximum Gasteiger partial charge on any atom is 0.0830 e. The van der Waals surface area contributed by atoms with Gasteiger partial charge in [-0.2, -0.15) is 0 Å². The zero-order valence-electron chi connectivity index (χ0n) is 12.2. The predicted molar refractivity (Wildman–Crippen MR) is 76.7 cm³/mol. The standard InChI is InChI=1S/C16H26O2/c1-7-15(13(5)17-9-3)11-12-16(8-2)14(6)18-10-4/h13-14H,1-2,9-12H2,3-6H3. The molecule has 0 aliphatic rings. The van der Waals surface area contributed by atoms with Crippen LogP contribution in [-0.2, 0) is 9.47 Å². The minimum atomic E-state index is 0.0703. The van der Waals surface area contributed by atoms with Crippen molar-refractivity contribution in [3.8, 4) is 0 Å². The lowest BCUT2D eigenvalue weighted by Crippen LogP contribution is -2.14. The molecule has 0 heterocycles. The van der Waals surface area contributed by atoms with E-state index in [9.17, 15) is 0 Å². The van der Waals surface area contributed by atoms with Crippen LogP contribution in [0.5, 0.6) is 0 Å². The number of hydrogen-bond acceptors (Lipinski definition) is 2. The third kappa shape index (κ3) is 6.05. The molecule has 0 spiro atoms. The first-order chi connectivity index (χ1) is 8.60. The maximum atomic E-state index is 5.55. The average Bonchev–Trinajstić information content (AvgIpc) is 2.35. The highest BCUT2D eigenvalue weighted by Gasteiger charge is 2.12. The van der Waals surface area contributed by atoms with Crippen molar-refractivity contribution in [2.75, 3.05) is 13.2 Å². The van der Waals surface area contributed by atoms with Crippen molar-refractivity contribution in [1.82, 2.24) is 0 Å². The van der Waals surface area contributed by atoms with Crippen LogP contribution in [0, 0.1) is 0 Å². The second kappa shape index (κ2) is 9.94. The highest BCUT2D eigenvalue weighted by Crippen LogP contribution is 2.18. The van der Waals surface area contributed by atoms with Crippen LogP contribution in [0.2, 0.25) is 0 Å². The van der Waals surface area contributed by atoms with Crippen molar-refractivity contribution in [2.45, 2.75) is 52.7 Å². The van der Waals surface area contributed by atoms with E-state index >= 15 is 0 Å². The third-order valence-corrected chi connectivity index (χ3v) is 2.93. The summed E-state index contributed by atoms with van der Waals surface area (Å²) >= 11 is 0. The van der Waals surface area contributed by atoms with Crippen LogP contribution in [0.25, 0.3) is 0 Å². The number of rotatable bonds is 9. The zero-order valence-corrected chi connectivity index (χ0v) is 12.2. The fourth-order valence-corrected chi connectivity index (χ4v) is 1.84. The summed E-state index contributed by atoms with van der Waals surface area (Å²) in [5.41, 5.74) is 8.13. The molecule has 2 atom stereocenters. The van der Waals surface area contributed by atoms with Gasteiger partial charge in [0.05, 0.1) is 12.2 Å². The number of ether oxygens (including phenoxy) is 2. The van der Waals surface area contributed by atoms with Gasteiger partial charge < -0.3 is 9.47 Å². The minimum absolute atomic E-state index is 0.0703. The fraction of sp³-hybridized carbons (Fsp3) is 0.625. The predicted octanol–water partition coefficient (Wildman–Crippen LogP) is 4.04.